The highest BCUT2D eigenvalue weighted by molar-refractivity contribution is 8.45. The standard InChI is InChI=1S/C8H9F5OS/c1-14-6-7-3-2-4-8(5-7)15(9,10,11,12)13/h2-5H,6H2,1H3. The summed E-state index contributed by atoms with van der Waals surface area (Å²) in [6.45, 7) is -0.137. The normalized spacial score (nSPS) is 16.9. The summed E-state index contributed by atoms with van der Waals surface area (Å²) in [6, 6.07) is 2.99. The Bertz CT molecular complexity index is 371. The van der Waals surface area contributed by atoms with E-state index in [0.717, 1.165) is 6.07 Å². The maximum atomic E-state index is 12.3. The highest BCUT2D eigenvalue weighted by Gasteiger charge is 2.65. The summed E-state index contributed by atoms with van der Waals surface area (Å²) >= 11 is 0. The van der Waals surface area contributed by atoms with Crippen LogP contribution in [0.4, 0.5) is 19.4 Å². The average Bonchev–Trinajstić information content (AvgIpc) is 2.01. The smallest absolute Gasteiger partial charge is 0.310 e. The van der Waals surface area contributed by atoms with Crippen molar-refractivity contribution in [3.63, 3.8) is 0 Å². The van der Waals surface area contributed by atoms with Gasteiger partial charge in [-0.25, -0.2) is 0 Å². The van der Waals surface area contributed by atoms with E-state index in [1.54, 1.807) is 0 Å². The lowest BCUT2D eigenvalue weighted by Crippen LogP contribution is -2.06. The molecule has 0 aliphatic carbocycles. The van der Waals surface area contributed by atoms with Crippen LogP contribution in [0.15, 0.2) is 29.2 Å². The number of rotatable bonds is 3. The van der Waals surface area contributed by atoms with Crippen LogP contribution in [0.1, 0.15) is 5.56 Å². The predicted molar refractivity (Wildman–Crippen MR) is 48.6 cm³/mol. The topological polar surface area (TPSA) is 9.23 Å². The largest absolute Gasteiger partial charge is 0.380 e. The summed E-state index contributed by atoms with van der Waals surface area (Å²) in [5, 5.41) is 0. The Hall–Kier alpha value is -0.820. The van der Waals surface area contributed by atoms with E-state index < -0.39 is 15.1 Å². The van der Waals surface area contributed by atoms with Gasteiger partial charge in [0.2, 0.25) is 0 Å². The third-order valence-corrected chi connectivity index (χ3v) is 2.80. The van der Waals surface area contributed by atoms with Crippen LogP contribution in [0.3, 0.4) is 0 Å². The van der Waals surface area contributed by atoms with Gasteiger partial charge in [0, 0.05) is 7.11 Å². The molecule has 1 aromatic rings. The van der Waals surface area contributed by atoms with Crippen LogP contribution >= 0.6 is 10.2 Å². The highest BCUT2D eigenvalue weighted by atomic mass is 32.5. The van der Waals surface area contributed by atoms with E-state index in [-0.39, 0.29) is 12.2 Å². The molecule has 0 saturated carbocycles. The molecule has 15 heavy (non-hydrogen) atoms. The minimum Gasteiger partial charge on any atom is -0.380 e. The van der Waals surface area contributed by atoms with Crippen molar-refractivity contribution in [1.82, 2.24) is 0 Å². The molecule has 0 amide bonds. The molecule has 0 heterocycles. The van der Waals surface area contributed by atoms with E-state index in [2.05, 4.69) is 4.74 Å². The number of hydrogen-bond acceptors (Lipinski definition) is 1. The first-order valence-corrected chi connectivity index (χ1v) is 5.80. The molecule has 7 heteroatoms. The van der Waals surface area contributed by atoms with Crippen LogP contribution < -0.4 is 0 Å². The van der Waals surface area contributed by atoms with Gasteiger partial charge >= 0.3 is 10.2 Å². The van der Waals surface area contributed by atoms with Gasteiger partial charge in [-0.15, -0.1) is 0 Å². The van der Waals surface area contributed by atoms with Gasteiger partial charge in [0.05, 0.1) is 6.61 Å². The Balaban J connectivity index is 3.24. The SMILES string of the molecule is COCc1cccc(S(F)(F)(F)(F)F)c1. The molecule has 0 aliphatic rings. The van der Waals surface area contributed by atoms with Crippen LogP contribution in [0, 0.1) is 0 Å². The molecule has 0 aliphatic heterocycles. The Morgan fingerprint density at radius 3 is 2.20 bits per heavy atom. The molecule has 0 radical (unpaired) electrons. The van der Waals surface area contributed by atoms with Gasteiger partial charge in [0.25, 0.3) is 0 Å². The summed E-state index contributed by atoms with van der Waals surface area (Å²) in [5.74, 6) is 0. The molecule has 0 bridgehead atoms. The van der Waals surface area contributed by atoms with E-state index in [1.165, 1.54) is 13.2 Å². The fraction of sp³-hybridized carbons (Fsp3) is 0.250. The summed E-state index contributed by atoms with van der Waals surface area (Å²) in [7, 11) is -8.28. The molecule has 1 aromatic carbocycles. The van der Waals surface area contributed by atoms with Crippen molar-refractivity contribution in [1.29, 1.82) is 0 Å². The van der Waals surface area contributed by atoms with Crippen molar-refractivity contribution in [2.75, 3.05) is 7.11 Å². The van der Waals surface area contributed by atoms with Gasteiger partial charge < -0.3 is 4.74 Å². The Kier molecular flexibility index (Phi) is 2.33. The molecule has 88 valence electrons. The third kappa shape index (κ3) is 3.35. The molecular formula is C8H9F5OS. The summed E-state index contributed by atoms with van der Waals surface area (Å²) in [5.41, 5.74) is 0.0586. The molecular weight excluding hydrogens is 239 g/mol. The molecule has 1 nitrogen and oxygen atoms in total. The average molecular weight is 248 g/mol. The molecule has 0 spiro atoms. The zero-order valence-electron chi connectivity index (χ0n) is 7.72. The lowest BCUT2D eigenvalue weighted by Gasteiger charge is -2.40. The first kappa shape index (κ1) is 12.3. The minimum absolute atomic E-state index is 0.0586. The first-order chi connectivity index (χ1) is 6.53. The van der Waals surface area contributed by atoms with Crippen molar-refractivity contribution in [2.45, 2.75) is 11.5 Å². The lowest BCUT2D eigenvalue weighted by atomic mass is 10.2. The number of benzene rings is 1. The Labute approximate surface area is 83.6 Å². The second-order valence-corrected chi connectivity index (χ2v) is 5.46. The van der Waals surface area contributed by atoms with E-state index >= 15 is 0 Å². The highest BCUT2D eigenvalue weighted by Crippen LogP contribution is 3.02. The summed E-state index contributed by atoms with van der Waals surface area (Å²) in [6.07, 6.45) is 0. The van der Waals surface area contributed by atoms with Crippen molar-refractivity contribution in [3.05, 3.63) is 29.8 Å². The van der Waals surface area contributed by atoms with Crippen molar-refractivity contribution < 1.29 is 24.2 Å². The summed E-state index contributed by atoms with van der Waals surface area (Å²) < 4.78 is 66.2. The molecule has 0 N–H and O–H groups in total. The molecule has 0 unspecified atom stereocenters. The van der Waals surface area contributed by atoms with Crippen molar-refractivity contribution in [2.24, 2.45) is 0 Å². The number of halogens is 5. The predicted octanol–water partition coefficient (Wildman–Crippen LogP) is 4.49. The molecule has 0 fully saturated rings. The molecule has 0 saturated heterocycles. The molecule has 0 atom stereocenters. The second-order valence-electron chi connectivity index (χ2n) is 3.05. The third-order valence-electron chi connectivity index (χ3n) is 1.65. The fourth-order valence-electron chi connectivity index (χ4n) is 1.04. The molecule has 0 aromatic heterocycles. The maximum Gasteiger partial charge on any atom is 0.310 e. The quantitative estimate of drug-likeness (QED) is 0.716. The van der Waals surface area contributed by atoms with Gasteiger partial charge in [-0.2, -0.15) is 0 Å². The van der Waals surface area contributed by atoms with E-state index in [4.69, 9.17) is 0 Å². The van der Waals surface area contributed by atoms with Crippen LogP contribution in [0.2, 0.25) is 0 Å². The van der Waals surface area contributed by atoms with Crippen molar-refractivity contribution in [3.8, 4) is 0 Å². The van der Waals surface area contributed by atoms with Gasteiger partial charge in [-0.05, 0) is 17.7 Å². The van der Waals surface area contributed by atoms with E-state index in [9.17, 15) is 19.4 Å². The van der Waals surface area contributed by atoms with Gasteiger partial charge in [0.1, 0.15) is 4.90 Å². The van der Waals surface area contributed by atoms with Crippen LogP contribution in [0.25, 0.3) is 0 Å². The van der Waals surface area contributed by atoms with E-state index in [1.807, 2.05) is 0 Å². The number of methoxy groups -OCH3 is 1. The maximum absolute atomic E-state index is 12.3. The van der Waals surface area contributed by atoms with Crippen LogP contribution in [0.5, 0.6) is 0 Å². The Morgan fingerprint density at radius 1 is 1.13 bits per heavy atom. The first-order valence-electron chi connectivity index (χ1n) is 3.85. The fourth-order valence-corrected chi connectivity index (χ4v) is 1.75. The number of ether oxygens (including phenoxy) is 1. The second kappa shape index (κ2) is 2.85. The lowest BCUT2D eigenvalue weighted by molar-refractivity contribution is 0.184. The molecule has 1 rings (SSSR count). The van der Waals surface area contributed by atoms with Gasteiger partial charge in [0.15, 0.2) is 0 Å². The van der Waals surface area contributed by atoms with E-state index in [0.29, 0.717) is 12.1 Å². The minimum atomic E-state index is -9.55. The van der Waals surface area contributed by atoms with Gasteiger partial charge in [-0.1, -0.05) is 31.6 Å². The zero-order valence-corrected chi connectivity index (χ0v) is 8.54. The Morgan fingerprint density at radius 2 is 1.73 bits per heavy atom. The van der Waals surface area contributed by atoms with Crippen LogP contribution in [-0.2, 0) is 11.3 Å². The number of hydrogen-bond donors (Lipinski definition) is 0. The monoisotopic (exact) mass is 248 g/mol. The van der Waals surface area contributed by atoms with Crippen LogP contribution in [-0.4, -0.2) is 7.11 Å². The van der Waals surface area contributed by atoms with Crippen molar-refractivity contribution >= 4 is 10.2 Å². The zero-order chi connectivity index (χ0) is 11.8. The van der Waals surface area contributed by atoms with Gasteiger partial charge in [-0.3, -0.25) is 0 Å². The summed E-state index contributed by atoms with van der Waals surface area (Å²) in [4.78, 5) is -1.88.